The number of hydrogen-bond acceptors (Lipinski definition) is 4. The van der Waals surface area contributed by atoms with Crippen LogP contribution in [0.25, 0.3) is 55.0 Å². The Morgan fingerprint density at radius 2 is 0.707 bits per heavy atom. The first-order valence-electron chi connectivity index (χ1n) is 26.1. The summed E-state index contributed by atoms with van der Waals surface area (Å²) in [5, 5.41) is 5.02. The third kappa shape index (κ3) is 4.81. The lowest BCUT2D eigenvalue weighted by atomic mass is 9.31. The standard InChI is InChI=1S/C66H37B2N4O2.Al/c1-7-27-53-45(21-1)46-22-2-8-28-54(46)69(53)41-17-13-19-43(37-41)71-57-31-15-35-63-65(57)67(49-25-5-11-33-61(49)73-63)51-39-52-60(40-59(51)71)72(58-32-16-36-64-66(58)68(52)50-26-6-12-34-62(50)74-64)44-20-14-18-42(38-44)70-55-29-9-3-23-47(55)48-24-4-10-30-56(48)70;/h1-18,21-39H;. The number of para-hydroxylation sites is 6. The van der Waals surface area contributed by atoms with E-state index in [9.17, 15) is 0 Å². The van der Waals surface area contributed by atoms with E-state index >= 15 is 0 Å². The Morgan fingerprint density at radius 3 is 1.15 bits per heavy atom. The third-order valence-electron chi connectivity index (χ3n) is 17.6. The Hall–Kier alpha value is -9.12. The fraction of sp³-hybridized carbons (Fsp3) is 0. The second-order valence-electron chi connectivity index (χ2n) is 21.0. The number of fused-ring (bicyclic) bond motifs is 20. The summed E-state index contributed by atoms with van der Waals surface area (Å²) in [7, 11) is 0. The average molecular weight is 967 g/mol. The second-order valence-corrected chi connectivity index (χ2v) is 23.7. The minimum atomic E-state index is -2.37. The first kappa shape index (κ1) is 39.4. The van der Waals surface area contributed by atoms with Crippen LogP contribution >= 0.6 is 0 Å². The zero-order chi connectivity index (χ0) is 48.4. The van der Waals surface area contributed by atoms with E-state index in [4.69, 9.17) is 9.47 Å². The molecule has 11 aromatic carbocycles. The highest BCUT2D eigenvalue weighted by atomic mass is 27.2. The molecule has 6 aliphatic rings. The first-order chi connectivity index (χ1) is 37.2. The van der Waals surface area contributed by atoms with E-state index in [0.29, 0.717) is 0 Å². The highest BCUT2D eigenvalue weighted by Gasteiger charge is 2.55. The van der Waals surface area contributed by atoms with Crippen molar-refractivity contribution in [3.63, 3.8) is 0 Å². The van der Waals surface area contributed by atoms with E-state index in [-0.39, 0.29) is 13.4 Å². The third-order valence-corrected chi connectivity index (χ3v) is 20.9. The van der Waals surface area contributed by atoms with Crippen LogP contribution in [0.2, 0.25) is 0 Å². The van der Waals surface area contributed by atoms with E-state index in [1.807, 2.05) is 0 Å². The summed E-state index contributed by atoms with van der Waals surface area (Å²) in [6.45, 7) is -0.102. The fourth-order valence-corrected chi connectivity index (χ4v) is 18.5. The molecule has 19 rings (SSSR count). The summed E-state index contributed by atoms with van der Waals surface area (Å²) in [6, 6.07) is 83.9. The summed E-state index contributed by atoms with van der Waals surface area (Å²) in [6.07, 6.45) is 0. The minimum absolute atomic E-state index is 0.0510. The Morgan fingerprint density at radius 1 is 0.320 bits per heavy atom. The number of ether oxygens (including phenoxy) is 2. The van der Waals surface area contributed by atoms with Crippen LogP contribution < -0.4 is 65.3 Å². The van der Waals surface area contributed by atoms with Crippen LogP contribution in [-0.2, 0) is 0 Å². The van der Waals surface area contributed by atoms with E-state index < -0.39 is 14.1 Å². The fourth-order valence-electron chi connectivity index (χ4n) is 14.8. The molecule has 75 heavy (non-hydrogen) atoms. The monoisotopic (exact) mass is 966 g/mol. The van der Waals surface area contributed by atoms with Crippen molar-refractivity contribution in [1.82, 2.24) is 9.13 Å². The van der Waals surface area contributed by atoms with E-state index in [1.165, 1.54) is 124 Å². The maximum Gasteiger partial charge on any atom is 0.396 e. The molecule has 8 heterocycles. The molecule has 0 unspecified atom stereocenters. The van der Waals surface area contributed by atoms with Crippen molar-refractivity contribution < 1.29 is 9.47 Å². The van der Waals surface area contributed by atoms with Crippen molar-refractivity contribution in [3.8, 4) is 34.4 Å². The van der Waals surface area contributed by atoms with Gasteiger partial charge < -0.3 is 28.4 Å². The molecule has 0 saturated carbocycles. The van der Waals surface area contributed by atoms with Gasteiger partial charge in [-0.05, 0) is 118 Å². The van der Waals surface area contributed by atoms with Gasteiger partial charge in [-0.15, -0.1) is 0 Å². The van der Waals surface area contributed by atoms with Gasteiger partial charge in [-0.3, -0.25) is 0 Å². The van der Waals surface area contributed by atoms with Gasteiger partial charge in [0, 0.05) is 67.0 Å². The lowest BCUT2D eigenvalue weighted by Gasteiger charge is -2.51. The van der Waals surface area contributed by atoms with Gasteiger partial charge in [0.2, 0.25) is 0 Å². The summed E-state index contributed by atoms with van der Waals surface area (Å²) >= 11 is -2.37. The van der Waals surface area contributed by atoms with Crippen LogP contribution in [0.1, 0.15) is 0 Å². The molecule has 2 aromatic heterocycles. The van der Waals surface area contributed by atoms with Gasteiger partial charge in [-0.1, -0.05) is 153 Å². The van der Waals surface area contributed by atoms with Crippen LogP contribution in [0.5, 0.6) is 23.0 Å². The molecule has 0 atom stereocenters. The van der Waals surface area contributed by atoms with Gasteiger partial charge in [0.15, 0.2) is 0 Å². The number of rotatable bonds is 2. The van der Waals surface area contributed by atoms with Gasteiger partial charge in [0.05, 0.1) is 22.1 Å². The molecular formula is C66H37AlB2N4O2. The van der Waals surface area contributed by atoms with E-state index in [2.05, 4.69) is 243 Å². The Labute approximate surface area is 436 Å². The average Bonchev–Trinajstić information content (AvgIpc) is 4.15. The molecule has 6 nitrogen and oxygen atoms in total. The van der Waals surface area contributed by atoms with Gasteiger partial charge in [-0.25, -0.2) is 0 Å². The van der Waals surface area contributed by atoms with Crippen LogP contribution in [0.3, 0.4) is 0 Å². The second kappa shape index (κ2) is 13.9. The molecule has 0 spiro atoms. The molecule has 0 N–H and O–H groups in total. The minimum Gasteiger partial charge on any atom is -0.458 e. The Kier molecular flexibility index (Phi) is 7.32. The molecule has 0 bridgehead atoms. The summed E-state index contributed by atoms with van der Waals surface area (Å²) in [5.74, 6) is 3.68. The van der Waals surface area contributed by atoms with Gasteiger partial charge in [-0.2, -0.15) is 0 Å². The summed E-state index contributed by atoms with van der Waals surface area (Å²) < 4.78 is 23.2. The normalized spacial score (nSPS) is 14.2. The van der Waals surface area contributed by atoms with Crippen molar-refractivity contribution in [2.45, 2.75) is 0 Å². The predicted molar refractivity (Wildman–Crippen MR) is 311 cm³/mol. The molecule has 9 heteroatoms. The molecule has 0 radical (unpaired) electrons. The first-order valence-corrected chi connectivity index (χ1v) is 27.8. The van der Waals surface area contributed by atoms with Crippen LogP contribution in [0, 0.1) is 0 Å². The van der Waals surface area contributed by atoms with Crippen molar-refractivity contribution in [2.24, 2.45) is 0 Å². The maximum absolute atomic E-state index is 6.96. The molecular weight excluding hydrogens is 929 g/mol. The van der Waals surface area contributed by atoms with Gasteiger partial charge >= 0.3 is 14.1 Å². The highest BCUT2D eigenvalue weighted by Crippen LogP contribution is 2.49. The van der Waals surface area contributed by atoms with Crippen LogP contribution in [0.15, 0.2) is 224 Å². The SMILES string of the molecule is c1ccc2c(c1)Oc1cccc3c1B2c1cc2c4[c]5c1N3c1cc(-n3c6ccccc6c6ccccc63)cc[c]1[Al]5[c]1ccc(-n3c5ccccc5c5ccccc53)cc1N4c1cccc3c1B2c1ccccc1O3. The van der Waals surface area contributed by atoms with Crippen LogP contribution in [0.4, 0.5) is 34.1 Å². The molecule has 0 saturated heterocycles. The maximum atomic E-state index is 6.96. The predicted octanol–water partition coefficient (Wildman–Crippen LogP) is 9.83. The van der Waals surface area contributed by atoms with Gasteiger partial charge in [0.1, 0.15) is 23.0 Å². The zero-order valence-electron chi connectivity index (χ0n) is 40.2. The topological polar surface area (TPSA) is 34.8 Å². The Balaban J connectivity index is 0.968. The lowest BCUT2D eigenvalue weighted by Crippen LogP contribution is -2.72. The number of nitrogens with zero attached hydrogens (tertiary/aromatic N) is 4. The van der Waals surface area contributed by atoms with Crippen LogP contribution in [-0.4, -0.2) is 36.7 Å². The van der Waals surface area contributed by atoms with E-state index in [0.717, 1.165) is 34.4 Å². The Bertz CT molecular complexity index is 4410. The number of benzene rings is 11. The number of anilines is 6. The highest BCUT2D eigenvalue weighted by molar-refractivity contribution is 7.07. The zero-order valence-corrected chi connectivity index (χ0v) is 41.4. The number of hydrogen-bond donors (Lipinski definition) is 0. The lowest BCUT2D eigenvalue weighted by molar-refractivity contribution is 0.487. The van der Waals surface area contributed by atoms with Crippen molar-refractivity contribution in [3.05, 3.63) is 224 Å². The summed E-state index contributed by atoms with van der Waals surface area (Å²) in [4.78, 5) is 5.32. The van der Waals surface area contributed by atoms with Crippen molar-refractivity contribution >= 4 is 151 Å². The largest absolute Gasteiger partial charge is 0.458 e. The molecule has 342 valence electrons. The quantitative estimate of drug-likeness (QED) is 0.162. The number of aromatic nitrogens is 2. The smallest absolute Gasteiger partial charge is 0.396 e. The van der Waals surface area contributed by atoms with Crippen molar-refractivity contribution in [1.29, 1.82) is 0 Å². The summed E-state index contributed by atoms with van der Waals surface area (Å²) in [5.41, 5.74) is 22.1. The van der Waals surface area contributed by atoms with E-state index in [1.54, 1.807) is 0 Å². The van der Waals surface area contributed by atoms with Gasteiger partial charge in [0.25, 0.3) is 13.4 Å². The molecule has 0 fully saturated rings. The molecule has 13 aromatic rings. The molecule has 6 aliphatic heterocycles. The molecule has 0 amide bonds. The molecule has 0 aliphatic carbocycles. The van der Waals surface area contributed by atoms with Crippen molar-refractivity contribution in [2.75, 3.05) is 9.80 Å².